The molecule has 0 bridgehead atoms. The Bertz CT molecular complexity index is 847. The summed E-state index contributed by atoms with van der Waals surface area (Å²) in [5.74, 6) is 0.655. The number of para-hydroxylation sites is 2. The lowest BCUT2D eigenvalue weighted by molar-refractivity contribution is -0.383. The van der Waals surface area contributed by atoms with Crippen molar-refractivity contribution in [2.24, 2.45) is 0 Å². The lowest BCUT2D eigenvalue weighted by Crippen LogP contribution is -1.97. The fourth-order valence-corrected chi connectivity index (χ4v) is 2.18. The first kappa shape index (κ1) is 14.6. The molecule has 0 amide bonds. The maximum atomic E-state index is 11.0. The maximum absolute atomic E-state index is 11.0. The second kappa shape index (κ2) is 6.23. The molecular weight excluding hydrogens is 292 g/mol. The van der Waals surface area contributed by atoms with E-state index in [4.69, 9.17) is 0 Å². The van der Waals surface area contributed by atoms with E-state index in [-0.39, 0.29) is 5.69 Å². The third kappa shape index (κ3) is 3.32. The molecule has 0 aliphatic heterocycles. The summed E-state index contributed by atoms with van der Waals surface area (Å²) >= 11 is 0. The minimum absolute atomic E-state index is 0.0404. The Kier molecular flexibility index (Phi) is 3.97. The van der Waals surface area contributed by atoms with Gasteiger partial charge in [0, 0.05) is 29.2 Å². The lowest BCUT2D eigenvalue weighted by Gasteiger charge is -2.08. The standard InChI is InChI=1S/C17H14N4O2/c1-12-10-11-18-17(19-12)13-6-8-14(9-7-13)20-15-4-2-3-5-16(15)21(22)23/h2-11,20H,1H3. The summed E-state index contributed by atoms with van der Waals surface area (Å²) in [6.45, 7) is 1.91. The zero-order valence-electron chi connectivity index (χ0n) is 12.4. The van der Waals surface area contributed by atoms with Crippen LogP contribution in [0.2, 0.25) is 0 Å². The van der Waals surface area contributed by atoms with Gasteiger partial charge in [-0.3, -0.25) is 10.1 Å². The first-order valence-electron chi connectivity index (χ1n) is 7.04. The van der Waals surface area contributed by atoms with E-state index in [0.29, 0.717) is 11.5 Å². The minimum Gasteiger partial charge on any atom is -0.350 e. The van der Waals surface area contributed by atoms with Gasteiger partial charge in [0.25, 0.3) is 5.69 Å². The Hall–Kier alpha value is -3.28. The van der Waals surface area contributed by atoms with Crippen LogP contribution in [0.15, 0.2) is 60.8 Å². The van der Waals surface area contributed by atoms with Gasteiger partial charge in [0.2, 0.25) is 0 Å². The molecule has 6 nitrogen and oxygen atoms in total. The number of nitrogens with one attached hydrogen (secondary N) is 1. The molecule has 0 radical (unpaired) electrons. The summed E-state index contributed by atoms with van der Waals surface area (Å²) in [7, 11) is 0. The molecule has 2 aromatic carbocycles. The van der Waals surface area contributed by atoms with Gasteiger partial charge in [-0.2, -0.15) is 0 Å². The van der Waals surface area contributed by atoms with Crippen molar-refractivity contribution in [3.05, 3.63) is 76.6 Å². The molecule has 0 aliphatic rings. The van der Waals surface area contributed by atoms with Crippen molar-refractivity contribution >= 4 is 17.1 Å². The second-order valence-electron chi connectivity index (χ2n) is 5.00. The lowest BCUT2D eigenvalue weighted by atomic mass is 10.2. The normalized spacial score (nSPS) is 10.3. The van der Waals surface area contributed by atoms with Gasteiger partial charge < -0.3 is 5.32 Å². The molecule has 3 aromatic rings. The van der Waals surface area contributed by atoms with Gasteiger partial charge in [0.15, 0.2) is 5.82 Å². The van der Waals surface area contributed by atoms with Gasteiger partial charge in [-0.25, -0.2) is 9.97 Å². The highest BCUT2D eigenvalue weighted by Gasteiger charge is 2.12. The quantitative estimate of drug-likeness (QED) is 0.579. The number of hydrogen-bond acceptors (Lipinski definition) is 5. The predicted molar refractivity (Wildman–Crippen MR) is 88.6 cm³/mol. The molecule has 1 N–H and O–H groups in total. The molecular formula is C17H14N4O2. The average Bonchev–Trinajstić information content (AvgIpc) is 2.56. The number of anilines is 2. The highest BCUT2D eigenvalue weighted by molar-refractivity contribution is 5.70. The van der Waals surface area contributed by atoms with Crippen LogP contribution < -0.4 is 5.32 Å². The summed E-state index contributed by atoms with van der Waals surface area (Å²) in [5.41, 5.74) is 3.05. The van der Waals surface area contributed by atoms with Crippen molar-refractivity contribution in [1.29, 1.82) is 0 Å². The molecule has 0 saturated heterocycles. The number of rotatable bonds is 4. The fourth-order valence-electron chi connectivity index (χ4n) is 2.18. The van der Waals surface area contributed by atoms with Crippen LogP contribution in [0.5, 0.6) is 0 Å². The fraction of sp³-hybridized carbons (Fsp3) is 0.0588. The summed E-state index contributed by atoms with van der Waals surface area (Å²) in [6.07, 6.45) is 1.72. The van der Waals surface area contributed by atoms with Crippen molar-refractivity contribution in [1.82, 2.24) is 9.97 Å². The number of benzene rings is 2. The first-order chi connectivity index (χ1) is 11.1. The second-order valence-corrected chi connectivity index (χ2v) is 5.00. The number of nitro groups is 1. The molecule has 1 heterocycles. The third-order valence-corrected chi connectivity index (χ3v) is 3.32. The van der Waals surface area contributed by atoms with E-state index in [0.717, 1.165) is 16.9 Å². The van der Waals surface area contributed by atoms with Crippen LogP contribution in [0.4, 0.5) is 17.1 Å². The van der Waals surface area contributed by atoms with Crippen molar-refractivity contribution in [2.75, 3.05) is 5.32 Å². The highest BCUT2D eigenvalue weighted by atomic mass is 16.6. The predicted octanol–water partition coefficient (Wildman–Crippen LogP) is 4.10. The topological polar surface area (TPSA) is 81.0 Å². The molecule has 0 unspecified atom stereocenters. The number of aryl methyl sites for hydroxylation is 1. The van der Waals surface area contributed by atoms with E-state index in [1.807, 2.05) is 37.3 Å². The van der Waals surface area contributed by atoms with Crippen LogP contribution in [-0.2, 0) is 0 Å². The van der Waals surface area contributed by atoms with E-state index in [1.54, 1.807) is 24.4 Å². The molecule has 23 heavy (non-hydrogen) atoms. The summed E-state index contributed by atoms with van der Waals surface area (Å²) < 4.78 is 0. The van der Waals surface area contributed by atoms with Gasteiger partial charge in [-0.15, -0.1) is 0 Å². The van der Waals surface area contributed by atoms with Gasteiger partial charge >= 0.3 is 0 Å². The largest absolute Gasteiger partial charge is 0.350 e. The highest BCUT2D eigenvalue weighted by Crippen LogP contribution is 2.27. The van der Waals surface area contributed by atoms with E-state index < -0.39 is 4.92 Å². The Morgan fingerprint density at radius 3 is 2.48 bits per heavy atom. The molecule has 0 spiro atoms. The van der Waals surface area contributed by atoms with Crippen molar-refractivity contribution in [2.45, 2.75) is 6.92 Å². The van der Waals surface area contributed by atoms with Crippen LogP contribution in [0.1, 0.15) is 5.69 Å². The third-order valence-electron chi connectivity index (χ3n) is 3.32. The molecule has 0 saturated carbocycles. The molecule has 0 atom stereocenters. The molecule has 0 fully saturated rings. The zero-order valence-corrected chi connectivity index (χ0v) is 12.4. The monoisotopic (exact) mass is 306 g/mol. The van der Waals surface area contributed by atoms with Crippen LogP contribution >= 0.6 is 0 Å². The van der Waals surface area contributed by atoms with Crippen molar-refractivity contribution in [3.63, 3.8) is 0 Å². The Morgan fingerprint density at radius 1 is 1.04 bits per heavy atom. The van der Waals surface area contributed by atoms with Crippen LogP contribution in [0, 0.1) is 17.0 Å². The number of nitrogens with zero attached hydrogens (tertiary/aromatic N) is 3. The van der Waals surface area contributed by atoms with Gasteiger partial charge in [-0.05, 0) is 43.3 Å². The van der Waals surface area contributed by atoms with E-state index in [1.165, 1.54) is 6.07 Å². The van der Waals surface area contributed by atoms with Crippen LogP contribution in [-0.4, -0.2) is 14.9 Å². The average molecular weight is 306 g/mol. The van der Waals surface area contributed by atoms with Crippen molar-refractivity contribution < 1.29 is 4.92 Å². The molecule has 3 rings (SSSR count). The van der Waals surface area contributed by atoms with Crippen LogP contribution in [0.25, 0.3) is 11.4 Å². The zero-order chi connectivity index (χ0) is 16.2. The van der Waals surface area contributed by atoms with E-state index >= 15 is 0 Å². The van der Waals surface area contributed by atoms with Crippen LogP contribution in [0.3, 0.4) is 0 Å². The molecule has 0 aliphatic carbocycles. The summed E-state index contributed by atoms with van der Waals surface area (Å²) in [4.78, 5) is 19.2. The maximum Gasteiger partial charge on any atom is 0.292 e. The smallest absolute Gasteiger partial charge is 0.292 e. The summed E-state index contributed by atoms with van der Waals surface area (Å²) in [6, 6.07) is 15.8. The molecule has 1 aromatic heterocycles. The minimum atomic E-state index is -0.405. The SMILES string of the molecule is Cc1ccnc(-c2ccc(Nc3ccccc3[N+](=O)[O-])cc2)n1. The molecule has 114 valence electrons. The van der Waals surface area contributed by atoms with Gasteiger partial charge in [0.1, 0.15) is 5.69 Å². The van der Waals surface area contributed by atoms with Gasteiger partial charge in [-0.1, -0.05) is 12.1 Å². The Labute approximate surface area is 133 Å². The summed E-state index contributed by atoms with van der Waals surface area (Å²) in [5, 5.41) is 14.1. The number of nitro benzene ring substituents is 1. The number of aromatic nitrogens is 2. The van der Waals surface area contributed by atoms with Gasteiger partial charge in [0.05, 0.1) is 4.92 Å². The Morgan fingerprint density at radius 2 is 1.78 bits per heavy atom. The number of hydrogen-bond donors (Lipinski definition) is 1. The Balaban J connectivity index is 1.85. The van der Waals surface area contributed by atoms with E-state index in [9.17, 15) is 10.1 Å². The van der Waals surface area contributed by atoms with Crippen molar-refractivity contribution in [3.8, 4) is 11.4 Å². The molecule has 6 heteroatoms. The van der Waals surface area contributed by atoms with E-state index in [2.05, 4.69) is 15.3 Å². The first-order valence-corrected chi connectivity index (χ1v) is 7.04.